The molecule has 25 heavy (non-hydrogen) atoms. The molecule has 0 spiro atoms. The standard InChI is InChI=1S/C18H23N3O4/c1-11-3-4-13(25-2)9-14(11)21-16(22)10-15(18(21)24)20-7-5-12(6-8-20)17(19)23/h3-4,9,12,15H,5-8,10H2,1-2H3,(H2,19,23)/t15-/m0/s1. The Balaban J connectivity index is 1.78. The predicted molar refractivity (Wildman–Crippen MR) is 92.1 cm³/mol. The van der Waals surface area contributed by atoms with Gasteiger partial charge in [-0.25, -0.2) is 4.90 Å². The van der Waals surface area contributed by atoms with Crippen molar-refractivity contribution in [1.29, 1.82) is 0 Å². The molecular formula is C18H23N3O4. The first-order valence-electron chi connectivity index (χ1n) is 8.47. The third kappa shape index (κ3) is 3.24. The summed E-state index contributed by atoms with van der Waals surface area (Å²) in [5.41, 5.74) is 6.78. The number of benzene rings is 1. The number of aryl methyl sites for hydroxylation is 1. The lowest BCUT2D eigenvalue weighted by Crippen LogP contribution is -2.47. The second-order valence-corrected chi connectivity index (χ2v) is 6.65. The summed E-state index contributed by atoms with van der Waals surface area (Å²) in [6, 6.07) is 4.88. The average molecular weight is 345 g/mol. The van der Waals surface area contributed by atoms with Crippen LogP contribution in [0.1, 0.15) is 24.8 Å². The first-order valence-corrected chi connectivity index (χ1v) is 8.47. The van der Waals surface area contributed by atoms with E-state index in [1.165, 1.54) is 4.90 Å². The van der Waals surface area contributed by atoms with E-state index >= 15 is 0 Å². The van der Waals surface area contributed by atoms with E-state index in [1.54, 1.807) is 19.2 Å². The van der Waals surface area contributed by atoms with Crippen LogP contribution < -0.4 is 15.4 Å². The Morgan fingerprint density at radius 2 is 1.92 bits per heavy atom. The van der Waals surface area contributed by atoms with E-state index in [1.807, 2.05) is 17.9 Å². The molecule has 3 amide bonds. The molecule has 0 aromatic heterocycles. The lowest BCUT2D eigenvalue weighted by Gasteiger charge is -2.33. The van der Waals surface area contributed by atoms with Crippen LogP contribution in [-0.4, -0.2) is 48.9 Å². The zero-order valence-electron chi connectivity index (χ0n) is 14.5. The Hall–Kier alpha value is -2.41. The number of rotatable bonds is 4. The van der Waals surface area contributed by atoms with E-state index in [4.69, 9.17) is 10.5 Å². The molecule has 2 N–H and O–H groups in total. The monoisotopic (exact) mass is 345 g/mol. The van der Waals surface area contributed by atoms with Gasteiger partial charge >= 0.3 is 0 Å². The number of likely N-dealkylation sites (tertiary alicyclic amines) is 1. The van der Waals surface area contributed by atoms with E-state index in [-0.39, 0.29) is 30.1 Å². The second kappa shape index (κ2) is 6.84. The second-order valence-electron chi connectivity index (χ2n) is 6.65. The van der Waals surface area contributed by atoms with Crippen molar-refractivity contribution in [2.75, 3.05) is 25.1 Å². The molecule has 2 heterocycles. The van der Waals surface area contributed by atoms with Crippen LogP contribution in [0.25, 0.3) is 0 Å². The van der Waals surface area contributed by atoms with Crippen molar-refractivity contribution in [2.45, 2.75) is 32.2 Å². The minimum Gasteiger partial charge on any atom is -0.497 e. The number of primary amides is 1. The van der Waals surface area contributed by atoms with Crippen molar-refractivity contribution in [3.63, 3.8) is 0 Å². The molecular weight excluding hydrogens is 322 g/mol. The van der Waals surface area contributed by atoms with Crippen molar-refractivity contribution in [3.8, 4) is 5.75 Å². The van der Waals surface area contributed by atoms with Crippen molar-refractivity contribution in [3.05, 3.63) is 23.8 Å². The number of hydrogen-bond acceptors (Lipinski definition) is 5. The Bertz CT molecular complexity index is 710. The topological polar surface area (TPSA) is 92.9 Å². The van der Waals surface area contributed by atoms with Crippen LogP contribution in [0.15, 0.2) is 18.2 Å². The first kappa shape index (κ1) is 17.4. The highest BCUT2D eigenvalue weighted by Crippen LogP contribution is 2.32. The molecule has 2 aliphatic rings. The number of nitrogens with two attached hydrogens (primary N) is 1. The molecule has 2 aliphatic heterocycles. The minimum absolute atomic E-state index is 0.139. The molecule has 2 fully saturated rings. The molecule has 1 atom stereocenters. The van der Waals surface area contributed by atoms with Gasteiger partial charge in [0.1, 0.15) is 5.75 Å². The fraction of sp³-hybridized carbons (Fsp3) is 0.500. The number of methoxy groups -OCH3 is 1. The molecule has 2 saturated heterocycles. The number of hydrogen-bond donors (Lipinski definition) is 1. The highest BCUT2D eigenvalue weighted by atomic mass is 16.5. The Morgan fingerprint density at radius 1 is 1.24 bits per heavy atom. The van der Waals surface area contributed by atoms with E-state index in [9.17, 15) is 14.4 Å². The number of ether oxygens (including phenoxy) is 1. The molecule has 7 nitrogen and oxygen atoms in total. The molecule has 3 rings (SSSR count). The maximum absolute atomic E-state index is 12.9. The van der Waals surface area contributed by atoms with Gasteiger partial charge in [-0.05, 0) is 44.5 Å². The zero-order chi connectivity index (χ0) is 18.1. The van der Waals surface area contributed by atoms with Crippen LogP contribution in [0, 0.1) is 12.8 Å². The molecule has 0 aliphatic carbocycles. The number of amides is 3. The van der Waals surface area contributed by atoms with Gasteiger partial charge in [-0.15, -0.1) is 0 Å². The SMILES string of the molecule is COc1ccc(C)c(N2C(=O)C[C@H](N3CCC(C(N)=O)CC3)C2=O)c1. The molecule has 0 bridgehead atoms. The van der Waals surface area contributed by atoms with Crippen LogP contribution >= 0.6 is 0 Å². The average Bonchev–Trinajstić information content (AvgIpc) is 2.90. The lowest BCUT2D eigenvalue weighted by molar-refractivity contribution is -0.124. The van der Waals surface area contributed by atoms with Gasteiger partial charge in [-0.2, -0.15) is 0 Å². The van der Waals surface area contributed by atoms with Crippen LogP contribution in [0.3, 0.4) is 0 Å². The van der Waals surface area contributed by atoms with Gasteiger partial charge in [0.05, 0.1) is 25.3 Å². The normalized spacial score (nSPS) is 22.5. The van der Waals surface area contributed by atoms with E-state index in [0.717, 1.165) is 5.56 Å². The third-order valence-corrected chi connectivity index (χ3v) is 5.15. The maximum atomic E-state index is 12.9. The smallest absolute Gasteiger partial charge is 0.251 e. The third-order valence-electron chi connectivity index (χ3n) is 5.15. The van der Waals surface area contributed by atoms with Gasteiger partial charge < -0.3 is 10.5 Å². The van der Waals surface area contributed by atoms with E-state index in [0.29, 0.717) is 37.4 Å². The minimum atomic E-state index is -0.466. The molecule has 7 heteroatoms. The lowest BCUT2D eigenvalue weighted by atomic mass is 9.95. The van der Waals surface area contributed by atoms with Crippen molar-refractivity contribution in [1.82, 2.24) is 4.90 Å². The summed E-state index contributed by atoms with van der Waals surface area (Å²) >= 11 is 0. The van der Waals surface area contributed by atoms with E-state index < -0.39 is 6.04 Å². The van der Waals surface area contributed by atoms with Gasteiger partial charge in [0.25, 0.3) is 5.91 Å². The molecule has 134 valence electrons. The Labute approximate surface area is 146 Å². The first-order chi connectivity index (χ1) is 11.9. The molecule has 1 aromatic rings. The zero-order valence-corrected chi connectivity index (χ0v) is 14.5. The predicted octanol–water partition coefficient (Wildman–Crippen LogP) is 0.833. The number of carbonyl (C=O) groups is 3. The summed E-state index contributed by atoms with van der Waals surface area (Å²) in [4.78, 5) is 40.0. The van der Waals surface area contributed by atoms with Crippen LogP contribution in [0.5, 0.6) is 5.75 Å². The fourth-order valence-corrected chi connectivity index (χ4v) is 3.61. The van der Waals surface area contributed by atoms with E-state index in [2.05, 4.69) is 0 Å². The highest BCUT2D eigenvalue weighted by Gasteiger charge is 2.44. The largest absolute Gasteiger partial charge is 0.497 e. The van der Waals surface area contributed by atoms with Gasteiger partial charge in [0, 0.05) is 12.0 Å². The quantitative estimate of drug-likeness (QED) is 0.816. The summed E-state index contributed by atoms with van der Waals surface area (Å²) in [7, 11) is 1.55. The van der Waals surface area contributed by atoms with Crippen molar-refractivity contribution >= 4 is 23.4 Å². The van der Waals surface area contributed by atoms with Crippen LogP contribution in [-0.2, 0) is 14.4 Å². The fourth-order valence-electron chi connectivity index (χ4n) is 3.61. The summed E-state index contributed by atoms with van der Waals surface area (Å²) in [6.07, 6.45) is 1.42. The summed E-state index contributed by atoms with van der Waals surface area (Å²) in [6.45, 7) is 3.06. The Morgan fingerprint density at radius 3 is 2.52 bits per heavy atom. The van der Waals surface area contributed by atoms with Gasteiger partial charge in [-0.3, -0.25) is 19.3 Å². The Kier molecular flexibility index (Phi) is 4.76. The van der Waals surface area contributed by atoms with Crippen molar-refractivity contribution in [2.24, 2.45) is 11.7 Å². The molecule has 1 aromatic carbocycles. The summed E-state index contributed by atoms with van der Waals surface area (Å²) in [5, 5.41) is 0. The molecule has 0 unspecified atom stereocenters. The number of carbonyl (C=O) groups excluding carboxylic acids is 3. The van der Waals surface area contributed by atoms with Crippen LogP contribution in [0.4, 0.5) is 5.69 Å². The maximum Gasteiger partial charge on any atom is 0.251 e. The molecule has 0 saturated carbocycles. The van der Waals surface area contributed by atoms with Gasteiger partial charge in [0.2, 0.25) is 11.8 Å². The van der Waals surface area contributed by atoms with Crippen molar-refractivity contribution < 1.29 is 19.1 Å². The summed E-state index contributed by atoms with van der Waals surface area (Å²) < 4.78 is 5.21. The number of nitrogens with zero attached hydrogens (tertiary/aromatic N) is 2. The molecule has 0 radical (unpaired) electrons. The number of anilines is 1. The number of piperidine rings is 1. The van der Waals surface area contributed by atoms with Crippen LogP contribution in [0.2, 0.25) is 0 Å². The number of imide groups is 1. The summed E-state index contributed by atoms with van der Waals surface area (Å²) in [5.74, 6) is -0.239. The van der Waals surface area contributed by atoms with Gasteiger partial charge in [-0.1, -0.05) is 6.07 Å². The highest BCUT2D eigenvalue weighted by molar-refractivity contribution is 6.22. The van der Waals surface area contributed by atoms with Gasteiger partial charge in [0.15, 0.2) is 0 Å².